The third-order valence-corrected chi connectivity index (χ3v) is 4.44. The lowest BCUT2D eigenvalue weighted by atomic mass is 9.82. The molecule has 0 bridgehead atoms. The molecule has 1 aliphatic rings. The summed E-state index contributed by atoms with van der Waals surface area (Å²) in [7, 11) is 0. The fraction of sp³-hybridized carbons (Fsp3) is 0.600. The monoisotopic (exact) mass is 296 g/mol. The zero-order valence-corrected chi connectivity index (χ0v) is 11.8. The second kappa shape index (κ2) is 6.55. The normalized spacial score (nSPS) is 19.9. The Morgan fingerprint density at radius 1 is 1.18 bits per heavy atom. The van der Waals surface area contributed by atoms with Gasteiger partial charge in [0.15, 0.2) is 0 Å². The average Bonchev–Trinajstić information content (AvgIpc) is 2.59. The zero-order valence-electron chi connectivity index (χ0n) is 10.2. The summed E-state index contributed by atoms with van der Waals surface area (Å²) in [5.41, 5.74) is 1.29. The third kappa shape index (κ3) is 3.56. The maximum absolute atomic E-state index is 9.70. The molecule has 0 heterocycles. The average molecular weight is 297 g/mol. The predicted molar refractivity (Wildman–Crippen MR) is 75.2 cm³/mol. The number of benzene rings is 1. The van der Waals surface area contributed by atoms with E-state index in [0.717, 1.165) is 4.47 Å². The maximum atomic E-state index is 9.70. The van der Waals surface area contributed by atoms with E-state index >= 15 is 0 Å². The summed E-state index contributed by atoms with van der Waals surface area (Å²) in [4.78, 5) is 0. The van der Waals surface area contributed by atoms with Crippen LogP contribution in [0.25, 0.3) is 0 Å². The van der Waals surface area contributed by atoms with Gasteiger partial charge < -0.3 is 5.11 Å². The number of hydrogen-bond donors (Lipinski definition) is 1. The number of hydrogen-bond acceptors (Lipinski definition) is 1. The molecule has 0 amide bonds. The molecule has 0 saturated heterocycles. The van der Waals surface area contributed by atoms with E-state index < -0.39 is 0 Å². The minimum atomic E-state index is 0.279. The van der Waals surface area contributed by atoms with Gasteiger partial charge in [-0.25, -0.2) is 0 Å². The van der Waals surface area contributed by atoms with Crippen LogP contribution < -0.4 is 0 Å². The molecule has 94 valence electrons. The lowest BCUT2D eigenvalue weighted by Crippen LogP contribution is -2.16. The number of aliphatic hydroxyl groups is 1. The Labute approximate surface area is 112 Å². The van der Waals surface area contributed by atoms with Crippen LogP contribution in [0.15, 0.2) is 28.7 Å². The molecule has 0 radical (unpaired) electrons. The summed E-state index contributed by atoms with van der Waals surface area (Å²) >= 11 is 3.52. The van der Waals surface area contributed by atoms with Gasteiger partial charge in [0.25, 0.3) is 0 Å². The number of halogens is 1. The number of aliphatic hydroxyl groups excluding tert-OH is 1. The Morgan fingerprint density at radius 3 is 2.47 bits per heavy atom. The van der Waals surface area contributed by atoms with Crippen molar-refractivity contribution in [1.29, 1.82) is 0 Å². The Morgan fingerprint density at radius 2 is 1.88 bits per heavy atom. The first-order chi connectivity index (χ1) is 8.31. The van der Waals surface area contributed by atoms with Gasteiger partial charge >= 0.3 is 0 Å². The highest BCUT2D eigenvalue weighted by Gasteiger charge is 2.23. The molecule has 2 heteroatoms. The predicted octanol–water partition coefficient (Wildman–Crippen LogP) is 4.50. The highest BCUT2D eigenvalue weighted by atomic mass is 79.9. The van der Waals surface area contributed by atoms with Gasteiger partial charge in [-0.15, -0.1) is 0 Å². The molecule has 1 unspecified atom stereocenters. The van der Waals surface area contributed by atoms with Crippen LogP contribution >= 0.6 is 15.9 Å². The molecule has 1 saturated carbocycles. The van der Waals surface area contributed by atoms with Crippen molar-refractivity contribution in [2.24, 2.45) is 5.92 Å². The van der Waals surface area contributed by atoms with E-state index in [-0.39, 0.29) is 6.61 Å². The molecule has 1 aliphatic carbocycles. The molecule has 2 rings (SSSR count). The van der Waals surface area contributed by atoms with Crippen LogP contribution in [-0.2, 0) is 0 Å². The minimum Gasteiger partial charge on any atom is -0.396 e. The van der Waals surface area contributed by atoms with E-state index in [1.807, 2.05) is 6.07 Å². The summed E-state index contributed by atoms with van der Waals surface area (Å²) in [5.74, 6) is 0.988. The van der Waals surface area contributed by atoms with Crippen LogP contribution in [0.1, 0.15) is 50.0 Å². The Balaban J connectivity index is 2.14. The van der Waals surface area contributed by atoms with Crippen LogP contribution in [0, 0.1) is 5.92 Å². The summed E-state index contributed by atoms with van der Waals surface area (Å²) in [6, 6.07) is 8.42. The lowest BCUT2D eigenvalue weighted by Gasteiger charge is -2.25. The maximum Gasteiger partial charge on any atom is 0.0502 e. The van der Waals surface area contributed by atoms with Gasteiger partial charge in [-0.3, -0.25) is 0 Å². The van der Waals surface area contributed by atoms with Crippen molar-refractivity contribution >= 4 is 15.9 Å². The molecule has 0 aromatic heterocycles. The summed E-state index contributed by atoms with van der Waals surface area (Å²) in [5, 5.41) is 9.70. The van der Waals surface area contributed by atoms with Gasteiger partial charge in [-0.05, 0) is 36.5 Å². The molecule has 1 nitrogen and oxygen atoms in total. The van der Waals surface area contributed by atoms with Crippen molar-refractivity contribution < 1.29 is 5.11 Å². The van der Waals surface area contributed by atoms with Crippen molar-refractivity contribution in [3.05, 3.63) is 34.3 Å². The summed E-state index contributed by atoms with van der Waals surface area (Å²) in [6.45, 7) is 0.279. The first-order valence-electron chi connectivity index (χ1n) is 6.67. The van der Waals surface area contributed by atoms with Crippen LogP contribution in [-0.4, -0.2) is 11.7 Å². The first kappa shape index (κ1) is 13.1. The van der Waals surface area contributed by atoms with Crippen molar-refractivity contribution in [1.82, 2.24) is 0 Å². The van der Waals surface area contributed by atoms with Gasteiger partial charge in [0.1, 0.15) is 0 Å². The molecule has 1 aromatic carbocycles. The molecule has 1 atom stereocenters. The fourth-order valence-corrected chi connectivity index (χ4v) is 3.39. The number of rotatable bonds is 3. The fourth-order valence-electron chi connectivity index (χ4n) is 2.98. The molecule has 0 spiro atoms. The molecule has 1 N–H and O–H groups in total. The molecule has 17 heavy (non-hydrogen) atoms. The molecular weight excluding hydrogens is 276 g/mol. The molecule has 1 fully saturated rings. The van der Waals surface area contributed by atoms with E-state index in [1.165, 1.54) is 44.1 Å². The van der Waals surface area contributed by atoms with Crippen molar-refractivity contribution in [2.45, 2.75) is 44.4 Å². The van der Waals surface area contributed by atoms with Crippen molar-refractivity contribution in [2.75, 3.05) is 6.61 Å². The largest absolute Gasteiger partial charge is 0.396 e. The quantitative estimate of drug-likeness (QED) is 0.815. The van der Waals surface area contributed by atoms with Crippen LogP contribution in [0.3, 0.4) is 0 Å². The second-order valence-electron chi connectivity index (χ2n) is 5.10. The van der Waals surface area contributed by atoms with E-state index in [2.05, 4.69) is 34.1 Å². The van der Waals surface area contributed by atoms with E-state index in [9.17, 15) is 5.11 Å². The van der Waals surface area contributed by atoms with E-state index in [4.69, 9.17) is 0 Å². The second-order valence-corrected chi connectivity index (χ2v) is 6.01. The zero-order chi connectivity index (χ0) is 12.1. The van der Waals surface area contributed by atoms with Crippen LogP contribution in [0.4, 0.5) is 0 Å². The standard InChI is InChI=1S/C15H21BrO/c16-14-9-5-8-13(10-14)15(11-17)12-6-3-1-2-4-7-12/h5,8-10,12,15,17H,1-4,6-7,11H2. The van der Waals surface area contributed by atoms with E-state index in [1.54, 1.807) is 0 Å². The smallest absolute Gasteiger partial charge is 0.0502 e. The third-order valence-electron chi connectivity index (χ3n) is 3.94. The lowest BCUT2D eigenvalue weighted by molar-refractivity contribution is 0.214. The van der Waals surface area contributed by atoms with Gasteiger partial charge in [0.05, 0.1) is 6.61 Å². The van der Waals surface area contributed by atoms with Crippen LogP contribution in [0.2, 0.25) is 0 Å². The van der Waals surface area contributed by atoms with Gasteiger partial charge in [0.2, 0.25) is 0 Å². The molecular formula is C15H21BrO. The minimum absolute atomic E-state index is 0.279. The van der Waals surface area contributed by atoms with Gasteiger partial charge in [-0.1, -0.05) is 53.7 Å². The highest BCUT2D eigenvalue weighted by Crippen LogP contribution is 2.35. The molecule has 0 aliphatic heterocycles. The van der Waals surface area contributed by atoms with Crippen molar-refractivity contribution in [3.8, 4) is 0 Å². The van der Waals surface area contributed by atoms with Gasteiger partial charge in [0, 0.05) is 10.4 Å². The topological polar surface area (TPSA) is 20.2 Å². The summed E-state index contributed by atoms with van der Waals surface area (Å²) < 4.78 is 1.11. The van der Waals surface area contributed by atoms with Gasteiger partial charge in [-0.2, -0.15) is 0 Å². The SMILES string of the molecule is OCC(c1cccc(Br)c1)C1CCCCCC1. The van der Waals surface area contributed by atoms with E-state index in [0.29, 0.717) is 11.8 Å². The van der Waals surface area contributed by atoms with Crippen LogP contribution in [0.5, 0.6) is 0 Å². The molecule has 1 aromatic rings. The first-order valence-corrected chi connectivity index (χ1v) is 7.47. The highest BCUT2D eigenvalue weighted by molar-refractivity contribution is 9.10. The summed E-state index contributed by atoms with van der Waals surface area (Å²) in [6.07, 6.45) is 7.94. The van der Waals surface area contributed by atoms with Crippen molar-refractivity contribution in [3.63, 3.8) is 0 Å². The Bertz CT molecular complexity index is 343. The Kier molecular flexibility index (Phi) is 5.05. The Hall–Kier alpha value is -0.340.